The number of carbonyl (C=O) groups excluding carboxylic acids is 1. The van der Waals surface area contributed by atoms with Gasteiger partial charge in [0, 0.05) is 0 Å². The van der Waals surface area contributed by atoms with Gasteiger partial charge in [-0.25, -0.2) is 4.79 Å². The molecule has 0 amide bonds. The number of ether oxygens (including phenoxy) is 2. The second-order valence-electron chi connectivity index (χ2n) is 11.3. The van der Waals surface area contributed by atoms with E-state index in [-0.39, 0.29) is 5.97 Å². The number of unbranched alkanes of at least 4 members (excludes halogenated alkanes) is 9. The van der Waals surface area contributed by atoms with Crippen molar-refractivity contribution in [1.82, 2.24) is 0 Å². The normalized spacial score (nSPS) is 14.6. The molecule has 0 N–H and O–H groups in total. The smallest absolute Gasteiger partial charge is 0.343 e. The molecule has 1 atom stereocenters. The van der Waals surface area contributed by atoms with Crippen LogP contribution < -0.4 is 9.47 Å². The van der Waals surface area contributed by atoms with Crippen LogP contribution >= 0.6 is 0 Å². The van der Waals surface area contributed by atoms with Gasteiger partial charge in [0.1, 0.15) is 11.5 Å². The van der Waals surface area contributed by atoms with Crippen molar-refractivity contribution in [2.24, 2.45) is 5.92 Å². The van der Waals surface area contributed by atoms with Crippen molar-refractivity contribution >= 4 is 5.97 Å². The minimum absolute atomic E-state index is 0.318. The number of hydrogen-bond donors (Lipinski definition) is 0. The second-order valence-corrected chi connectivity index (χ2v) is 11.3. The summed E-state index contributed by atoms with van der Waals surface area (Å²) in [5.74, 6) is 1.95. The zero-order valence-corrected chi connectivity index (χ0v) is 24.1. The van der Waals surface area contributed by atoms with Gasteiger partial charge in [0.25, 0.3) is 0 Å². The minimum atomic E-state index is -0.318. The number of carbonyl (C=O) groups is 1. The highest BCUT2D eigenvalue weighted by Crippen LogP contribution is 2.29. The van der Waals surface area contributed by atoms with Crippen LogP contribution in [0.3, 0.4) is 0 Å². The number of aryl methyl sites for hydroxylation is 1. The second kappa shape index (κ2) is 15.5. The van der Waals surface area contributed by atoms with E-state index in [0.717, 1.165) is 48.7 Å². The van der Waals surface area contributed by atoms with Gasteiger partial charge in [0.15, 0.2) is 0 Å². The molecule has 0 heterocycles. The summed E-state index contributed by atoms with van der Waals surface area (Å²) in [7, 11) is 0. The van der Waals surface area contributed by atoms with E-state index in [4.69, 9.17) is 9.47 Å². The Morgan fingerprint density at radius 2 is 1.31 bits per heavy atom. The maximum Gasteiger partial charge on any atom is 0.343 e. The van der Waals surface area contributed by atoms with Crippen molar-refractivity contribution in [1.29, 1.82) is 0 Å². The van der Waals surface area contributed by atoms with Gasteiger partial charge >= 0.3 is 5.97 Å². The van der Waals surface area contributed by atoms with E-state index in [1.54, 1.807) is 0 Å². The van der Waals surface area contributed by atoms with Gasteiger partial charge in [-0.1, -0.05) is 102 Å². The van der Waals surface area contributed by atoms with Crippen molar-refractivity contribution in [3.8, 4) is 22.6 Å². The third-order valence-corrected chi connectivity index (χ3v) is 7.94. The molecule has 0 aromatic heterocycles. The van der Waals surface area contributed by atoms with Crippen molar-refractivity contribution in [2.45, 2.75) is 97.3 Å². The Kier molecular flexibility index (Phi) is 11.5. The number of fused-ring (bicyclic) bond motifs is 1. The monoisotopic (exact) mass is 526 g/mol. The average Bonchev–Trinajstić information content (AvgIpc) is 2.96. The molecule has 1 aliphatic carbocycles. The molecule has 0 spiro atoms. The lowest BCUT2D eigenvalue weighted by atomic mass is 9.85. The van der Waals surface area contributed by atoms with Gasteiger partial charge in [-0.3, -0.25) is 0 Å². The van der Waals surface area contributed by atoms with Crippen LogP contribution in [0, 0.1) is 5.92 Å². The van der Waals surface area contributed by atoms with E-state index >= 15 is 0 Å². The Balaban J connectivity index is 1.17. The van der Waals surface area contributed by atoms with Crippen LogP contribution in [0.1, 0.15) is 106 Å². The minimum Gasteiger partial charge on any atom is -0.494 e. The quantitative estimate of drug-likeness (QED) is 0.112. The van der Waals surface area contributed by atoms with Crippen LogP contribution in [0.5, 0.6) is 11.5 Å². The SMILES string of the molecule is CCCCCCCCCCCCOc1ccc(-c2ccc(C(=O)Oc3ccc4c(c3)CCC(C)C4)cc2)cc1. The number of esters is 1. The molecule has 208 valence electrons. The Hall–Kier alpha value is -3.07. The van der Waals surface area contributed by atoms with Crippen LogP contribution in [-0.4, -0.2) is 12.6 Å². The summed E-state index contributed by atoms with van der Waals surface area (Å²) in [6.07, 6.45) is 16.7. The van der Waals surface area contributed by atoms with Crippen LogP contribution in [0.25, 0.3) is 11.1 Å². The first kappa shape index (κ1) is 28.9. The Morgan fingerprint density at radius 3 is 1.97 bits per heavy atom. The first-order chi connectivity index (χ1) is 19.1. The largest absolute Gasteiger partial charge is 0.494 e. The summed E-state index contributed by atoms with van der Waals surface area (Å²) in [5, 5.41) is 0. The molecule has 0 saturated carbocycles. The predicted molar refractivity (Wildman–Crippen MR) is 162 cm³/mol. The first-order valence-corrected chi connectivity index (χ1v) is 15.3. The molecule has 0 aliphatic heterocycles. The van der Waals surface area contributed by atoms with Gasteiger partial charge in [-0.2, -0.15) is 0 Å². The maximum atomic E-state index is 12.7. The fourth-order valence-electron chi connectivity index (χ4n) is 5.46. The molecule has 4 rings (SSSR count). The molecule has 3 aromatic carbocycles. The predicted octanol–water partition coefficient (Wildman–Crippen LogP) is 10.00. The van der Waals surface area contributed by atoms with E-state index in [1.165, 1.54) is 75.3 Å². The summed E-state index contributed by atoms with van der Waals surface area (Å²) in [6.45, 7) is 5.34. The number of rotatable bonds is 15. The van der Waals surface area contributed by atoms with Crippen molar-refractivity contribution in [3.63, 3.8) is 0 Å². The number of hydrogen-bond acceptors (Lipinski definition) is 3. The lowest BCUT2D eigenvalue weighted by Crippen LogP contribution is -2.12. The highest BCUT2D eigenvalue weighted by molar-refractivity contribution is 5.91. The molecular weight excluding hydrogens is 480 g/mol. The molecule has 3 heteroatoms. The summed E-state index contributed by atoms with van der Waals surface area (Å²) in [4.78, 5) is 12.7. The highest BCUT2D eigenvalue weighted by Gasteiger charge is 2.17. The van der Waals surface area contributed by atoms with Gasteiger partial charge in [0.05, 0.1) is 12.2 Å². The molecule has 0 fully saturated rings. The van der Waals surface area contributed by atoms with E-state index < -0.39 is 0 Å². The average molecular weight is 527 g/mol. The van der Waals surface area contributed by atoms with Crippen LogP contribution in [-0.2, 0) is 12.8 Å². The maximum absolute atomic E-state index is 12.7. The fraction of sp³-hybridized carbons (Fsp3) is 0.472. The van der Waals surface area contributed by atoms with Crippen molar-refractivity contribution in [3.05, 3.63) is 83.4 Å². The molecule has 1 aliphatic rings. The van der Waals surface area contributed by atoms with Gasteiger partial charge in [0.2, 0.25) is 0 Å². The van der Waals surface area contributed by atoms with Crippen molar-refractivity contribution < 1.29 is 14.3 Å². The summed E-state index contributed by atoms with van der Waals surface area (Å²) in [5.41, 5.74) is 5.42. The molecule has 0 saturated heterocycles. The van der Waals surface area contributed by atoms with E-state index in [2.05, 4.69) is 32.0 Å². The molecule has 0 bridgehead atoms. The fourth-order valence-corrected chi connectivity index (χ4v) is 5.46. The zero-order valence-electron chi connectivity index (χ0n) is 24.1. The van der Waals surface area contributed by atoms with E-state index in [1.807, 2.05) is 48.5 Å². The highest BCUT2D eigenvalue weighted by atomic mass is 16.5. The lowest BCUT2D eigenvalue weighted by molar-refractivity contribution is 0.0734. The molecule has 3 aromatic rings. The Labute approximate surface area is 235 Å². The third kappa shape index (κ3) is 9.27. The molecule has 3 nitrogen and oxygen atoms in total. The van der Waals surface area contributed by atoms with E-state index in [9.17, 15) is 4.79 Å². The lowest BCUT2D eigenvalue weighted by Gasteiger charge is -2.21. The van der Waals surface area contributed by atoms with Crippen molar-refractivity contribution in [2.75, 3.05) is 6.61 Å². The third-order valence-electron chi connectivity index (χ3n) is 7.94. The molecule has 1 unspecified atom stereocenters. The zero-order chi connectivity index (χ0) is 27.3. The number of benzene rings is 3. The topological polar surface area (TPSA) is 35.5 Å². The molecular formula is C36H46O3. The summed E-state index contributed by atoms with van der Waals surface area (Å²) in [6, 6.07) is 21.9. The summed E-state index contributed by atoms with van der Waals surface area (Å²) >= 11 is 0. The van der Waals surface area contributed by atoms with Gasteiger partial charge in [-0.05, 0) is 90.3 Å². The van der Waals surface area contributed by atoms with Crippen LogP contribution in [0.15, 0.2) is 66.7 Å². The first-order valence-electron chi connectivity index (χ1n) is 15.3. The Bertz CT molecular complexity index is 1150. The van der Waals surface area contributed by atoms with Crippen LogP contribution in [0.2, 0.25) is 0 Å². The summed E-state index contributed by atoms with van der Waals surface area (Å²) < 4.78 is 11.6. The van der Waals surface area contributed by atoms with Gasteiger partial charge in [-0.15, -0.1) is 0 Å². The van der Waals surface area contributed by atoms with Crippen LogP contribution in [0.4, 0.5) is 0 Å². The standard InChI is InChI=1S/C36H46O3/c1-3-4-5-6-7-8-9-10-11-12-25-38-34-22-19-30(20-23-34)29-15-17-31(18-16-29)36(37)39-35-24-21-32-26-28(2)13-14-33(32)27-35/h15-24,27-28H,3-14,25-26H2,1-2H3. The van der Waals surface area contributed by atoms with Gasteiger partial charge < -0.3 is 9.47 Å². The molecule has 39 heavy (non-hydrogen) atoms. The molecule has 0 radical (unpaired) electrons. The van der Waals surface area contributed by atoms with E-state index in [0.29, 0.717) is 11.3 Å². The Morgan fingerprint density at radius 1 is 0.718 bits per heavy atom.